The quantitative estimate of drug-likeness (QED) is 0.194. The Hall–Kier alpha value is -2.96. The van der Waals surface area contributed by atoms with E-state index in [1.54, 1.807) is 0 Å². The van der Waals surface area contributed by atoms with Crippen LogP contribution in [0.4, 0.5) is 11.4 Å². The lowest BCUT2D eigenvalue weighted by Gasteiger charge is -2.20. The number of halogens is 2. The van der Waals surface area contributed by atoms with Crippen LogP contribution in [0.1, 0.15) is 22.6 Å². The van der Waals surface area contributed by atoms with Crippen molar-refractivity contribution >= 4 is 65.8 Å². The predicted molar refractivity (Wildman–Crippen MR) is 143 cm³/mol. The third kappa shape index (κ3) is 5.70. The van der Waals surface area contributed by atoms with Crippen LogP contribution in [0.15, 0.2) is 91.0 Å². The molecule has 0 saturated heterocycles. The minimum absolute atomic E-state index is 0.00328. The van der Waals surface area contributed by atoms with Gasteiger partial charge in [0.1, 0.15) is 0 Å². The second kappa shape index (κ2) is 10.8. The third-order valence-corrected chi connectivity index (χ3v) is 6.42. The molecule has 0 spiro atoms. The van der Waals surface area contributed by atoms with Crippen molar-refractivity contribution in [1.82, 2.24) is 0 Å². The fourth-order valence-corrected chi connectivity index (χ4v) is 4.15. The molecule has 2 N–H and O–H groups in total. The average Bonchev–Trinajstić information content (AvgIpc) is 2.86. The number of alkyl halides is 2. The minimum atomic E-state index is -0.0880. The number of hydrogen-bond donors (Lipinski definition) is 2. The van der Waals surface area contributed by atoms with E-state index in [1.807, 2.05) is 60.7 Å². The van der Waals surface area contributed by atoms with Gasteiger partial charge in [-0.05, 0) is 51.7 Å². The van der Waals surface area contributed by atoms with Gasteiger partial charge in [-0.3, -0.25) is 9.59 Å². The molecule has 0 radical (unpaired) electrons. The van der Waals surface area contributed by atoms with Crippen LogP contribution in [0.2, 0.25) is 0 Å². The maximum atomic E-state index is 11.7. The van der Waals surface area contributed by atoms with Crippen molar-refractivity contribution in [1.29, 1.82) is 0 Å². The highest BCUT2D eigenvalue weighted by molar-refractivity contribution is 9.09. The molecule has 0 aliphatic carbocycles. The van der Waals surface area contributed by atoms with Crippen LogP contribution < -0.4 is 10.6 Å². The molecule has 4 aromatic rings. The first-order chi connectivity index (χ1) is 16.1. The second-order valence-corrected chi connectivity index (χ2v) is 8.77. The summed E-state index contributed by atoms with van der Waals surface area (Å²) >= 11 is 6.35. The Kier molecular flexibility index (Phi) is 7.57. The molecule has 0 atom stereocenters. The number of rotatable bonds is 7. The van der Waals surface area contributed by atoms with Crippen LogP contribution in [0.25, 0.3) is 10.8 Å². The van der Waals surface area contributed by atoms with Crippen molar-refractivity contribution in [3.05, 3.63) is 108 Å². The zero-order valence-corrected chi connectivity index (χ0v) is 20.9. The molecule has 4 rings (SSSR count). The van der Waals surface area contributed by atoms with Gasteiger partial charge in [0.15, 0.2) is 0 Å². The van der Waals surface area contributed by atoms with Gasteiger partial charge in [-0.1, -0.05) is 98.6 Å². The smallest absolute Gasteiger partial charge is 0.235 e. The SMILES string of the molecule is O=C(CBr)Nc1ccc(C(c2ccc(NC(=O)CBr)cc2)c2ccc3ccccc3c2)cc1. The number of carbonyl (C=O) groups is 2. The summed E-state index contributed by atoms with van der Waals surface area (Å²) in [6.45, 7) is 0. The predicted octanol–water partition coefficient (Wildman–Crippen LogP) is 6.69. The molecule has 0 aliphatic heterocycles. The number of amides is 2. The number of carbonyl (C=O) groups excluding carboxylic acids is 2. The van der Waals surface area contributed by atoms with E-state index in [0.29, 0.717) is 0 Å². The van der Waals surface area contributed by atoms with Crippen molar-refractivity contribution < 1.29 is 9.59 Å². The first-order valence-electron chi connectivity index (χ1n) is 10.5. The Morgan fingerprint density at radius 2 is 1.06 bits per heavy atom. The van der Waals surface area contributed by atoms with Crippen LogP contribution in [-0.2, 0) is 9.59 Å². The summed E-state index contributed by atoms with van der Waals surface area (Å²) in [7, 11) is 0. The summed E-state index contributed by atoms with van der Waals surface area (Å²) in [6.07, 6.45) is 0. The Morgan fingerprint density at radius 3 is 1.55 bits per heavy atom. The van der Waals surface area contributed by atoms with Crippen molar-refractivity contribution in [2.24, 2.45) is 0 Å². The molecule has 166 valence electrons. The molecule has 4 aromatic carbocycles. The second-order valence-electron chi connectivity index (χ2n) is 7.65. The number of nitrogens with one attached hydrogen (secondary N) is 2. The number of fused-ring (bicyclic) bond motifs is 1. The molecular formula is C27H22Br2N2O2. The van der Waals surface area contributed by atoms with Gasteiger partial charge in [-0.15, -0.1) is 0 Å². The van der Waals surface area contributed by atoms with E-state index in [1.165, 1.54) is 16.3 Å². The van der Waals surface area contributed by atoms with Crippen molar-refractivity contribution in [3.63, 3.8) is 0 Å². The lowest BCUT2D eigenvalue weighted by molar-refractivity contribution is -0.114. The lowest BCUT2D eigenvalue weighted by atomic mass is 9.84. The largest absolute Gasteiger partial charge is 0.325 e. The zero-order chi connectivity index (χ0) is 23.2. The van der Waals surface area contributed by atoms with E-state index in [-0.39, 0.29) is 28.4 Å². The summed E-state index contributed by atoms with van der Waals surface area (Å²) in [4.78, 5) is 23.4. The molecule has 0 heterocycles. The lowest BCUT2D eigenvalue weighted by Crippen LogP contribution is -2.13. The van der Waals surface area contributed by atoms with Crippen LogP contribution in [0.5, 0.6) is 0 Å². The van der Waals surface area contributed by atoms with Crippen LogP contribution in [0, 0.1) is 0 Å². The maximum absolute atomic E-state index is 11.7. The van der Waals surface area contributed by atoms with Gasteiger partial charge in [0.05, 0.1) is 10.7 Å². The highest BCUT2D eigenvalue weighted by atomic mass is 79.9. The summed E-state index contributed by atoms with van der Waals surface area (Å²) in [6, 6.07) is 30.7. The van der Waals surface area contributed by atoms with Gasteiger partial charge < -0.3 is 10.6 Å². The van der Waals surface area contributed by atoms with Gasteiger partial charge in [-0.25, -0.2) is 0 Å². The summed E-state index contributed by atoms with van der Waals surface area (Å²) < 4.78 is 0. The molecule has 0 aromatic heterocycles. The Bertz CT molecular complexity index is 1210. The van der Waals surface area contributed by atoms with E-state index in [0.717, 1.165) is 22.5 Å². The molecule has 0 unspecified atom stereocenters. The van der Waals surface area contributed by atoms with E-state index in [9.17, 15) is 9.59 Å². The van der Waals surface area contributed by atoms with E-state index in [4.69, 9.17) is 0 Å². The first kappa shape index (κ1) is 23.2. The molecule has 0 bridgehead atoms. The van der Waals surface area contributed by atoms with Crippen LogP contribution in [0.3, 0.4) is 0 Å². The fraction of sp³-hybridized carbons (Fsp3) is 0.111. The summed E-state index contributed by atoms with van der Waals surface area (Å²) in [5.41, 5.74) is 4.91. The molecule has 0 aliphatic rings. The topological polar surface area (TPSA) is 58.2 Å². The zero-order valence-electron chi connectivity index (χ0n) is 17.7. The van der Waals surface area contributed by atoms with E-state index >= 15 is 0 Å². The number of hydrogen-bond acceptors (Lipinski definition) is 2. The van der Waals surface area contributed by atoms with Crippen molar-refractivity contribution in [3.8, 4) is 0 Å². The maximum Gasteiger partial charge on any atom is 0.235 e. The van der Waals surface area contributed by atoms with Crippen LogP contribution >= 0.6 is 31.9 Å². The normalized spacial score (nSPS) is 10.9. The summed E-state index contributed by atoms with van der Waals surface area (Å²) in [5, 5.41) is 8.62. The molecule has 0 saturated carbocycles. The molecule has 2 amide bonds. The Balaban J connectivity index is 1.73. The average molecular weight is 566 g/mol. The van der Waals surface area contributed by atoms with Crippen molar-refractivity contribution in [2.45, 2.75) is 5.92 Å². The molecule has 4 nitrogen and oxygen atoms in total. The highest BCUT2D eigenvalue weighted by Gasteiger charge is 2.18. The molecule has 33 heavy (non-hydrogen) atoms. The standard InChI is InChI=1S/C27H22Br2N2O2/c28-16-25(32)30-23-11-7-19(8-12-23)27(20-9-13-24(14-10-20)31-26(33)17-29)22-6-5-18-3-1-2-4-21(18)15-22/h1-15,27H,16-17H2,(H,30,32)(H,31,33). The van der Waals surface area contributed by atoms with Gasteiger partial charge in [-0.2, -0.15) is 0 Å². The van der Waals surface area contributed by atoms with Crippen molar-refractivity contribution in [2.75, 3.05) is 21.3 Å². The van der Waals surface area contributed by atoms with Crippen LogP contribution in [-0.4, -0.2) is 22.5 Å². The fourth-order valence-electron chi connectivity index (χ4n) is 3.87. The van der Waals surface area contributed by atoms with Gasteiger partial charge in [0.2, 0.25) is 11.8 Å². The van der Waals surface area contributed by atoms with E-state index in [2.05, 4.69) is 72.8 Å². The summed E-state index contributed by atoms with van der Waals surface area (Å²) in [5.74, 6) is -0.179. The Labute approximate surface area is 209 Å². The first-order valence-corrected chi connectivity index (χ1v) is 12.7. The number of benzene rings is 4. The Morgan fingerprint density at radius 1 is 0.606 bits per heavy atom. The molecular weight excluding hydrogens is 544 g/mol. The minimum Gasteiger partial charge on any atom is -0.325 e. The monoisotopic (exact) mass is 564 g/mol. The van der Waals surface area contributed by atoms with Gasteiger partial charge >= 0.3 is 0 Å². The van der Waals surface area contributed by atoms with Gasteiger partial charge in [0, 0.05) is 17.3 Å². The van der Waals surface area contributed by atoms with E-state index < -0.39 is 0 Å². The van der Waals surface area contributed by atoms with Gasteiger partial charge in [0.25, 0.3) is 0 Å². The third-order valence-electron chi connectivity index (χ3n) is 5.41. The molecule has 6 heteroatoms. The highest BCUT2D eigenvalue weighted by Crippen LogP contribution is 2.34. The number of anilines is 2. The molecule has 0 fully saturated rings.